The van der Waals surface area contributed by atoms with E-state index in [1.54, 1.807) is 18.2 Å². The zero-order valence-electron chi connectivity index (χ0n) is 6.90. The van der Waals surface area contributed by atoms with Crippen LogP contribution >= 0.6 is 0 Å². The number of hydrogen-bond acceptors (Lipinski definition) is 3. The molecule has 1 aliphatic heterocycles. The maximum Gasteiger partial charge on any atom is 0.200 e. The average Bonchev–Trinajstić information content (AvgIpc) is 2.39. The van der Waals surface area contributed by atoms with Crippen molar-refractivity contribution < 1.29 is 8.42 Å². The van der Waals surface area contributed by atoms with Gasteiger partial charge in [-0.15, -0.1) is 0 Å². The number of benzene rings is 1. The first kappa shape index (κ1) is 8.47. The molecule has 2 N–H and O–H groups in total. The summed E-state index contributed by atoms with van der Waals surface area (Å²) in [6, 6.07) is 6.90. The number of fused-ring (bicyclic) bond motifs is 1. The molecule has 2 rings (SSSR count). The highest BCUT2D eigenvalue weighted by Gasteiger charge is 2.24. The van der Waals surface area contributed by atoms with Crippen LogP contribution in [0.4, 0.5) is 0 Å². The van der Waals surface area contributed by atoms with Gasteiger partial charge >= 0.3 is 0 Å². The SMILES string of the molecule is NCC1=CS(=O)(=O)c2ccccc21. The molecule has 0 radical (unpaired) electrons. The van der Waals surface area contributed by atoms with Crippen LogP contribution in [0.15, 0.2) is 34.6 Å². The summed E-state index contributed by atoms with van der Waals surface area (Å²) in [6.07, 6.45) is 0. The summed E-state index contributed by atoms with van der Waals surface area (Å²) < 4.78 is 23.0. The lowest BCUT2D eigenvalue weighted by molar-refractivity contribution is 0.605. The molecule has 1 aromatic rings. The third-order valence-corrected chi connectivity index (χ3v) is 3.62. The van der Waals surface area contributed by atoms with E-state index in [2.05, 4.69) is 0 Å². The zero-order valence-corrected chi connectivity index (χ0v) is 7.71. The van der Waals surface area contributed by atoms with Gasteiger partial charge in [0, 0.05) is 12.0 Å². The van der Waals surface area contributed by atoms with Crippen molar-refractivity contribution in [3.63, 3.8) is 0 Å². The molecule has 0 spiro atoms. The van der Waals surface area contributed by atoms with Crippen LogP contribution in [0, 0.1) is 0 Å². The average molecular weight is 195 g/mol. The molecular weight excluding hydrogens is 186 g/mol. The predicted molar refractivity (Wildman–Crippen MR) is 50.7 cm³/mol. The van der Waals surface area contributed by atoms with Gasteiger partial charge in [-0.25, -0.2) is 8.42 Å². The minimum absolute atomic E-state index is 0.260. The normalized spacial score (nSPS) is 18.1. The van der Waals surface area contributed by atoms with E-state index in [0.717, 1.165) is 5.56 Å². The summed E-state index contributed by atoms with van der Waals surface area (Å²) in [7, 11) is -3.21. The highest BCUT2D eigenvalue weighted by atomic mass is 32.2. The van der Waals surface area contributed by atoms with Crippen LogP contribution in [0.3, 0.4) is 0 Å². The third-order valence-electron chi connectivity index (χ3n) is 2.06. The van der Waals surface area contributed by atoms with Gasteiger partial charge in [-0.1, -0.05) is 18.2 Å². The van der Waals surface area contributed by atoms with Crippen molar-refractivity contribution in [3.8, 4) is 0 Å². The monoisotopic (exact) mass is 195 g/mol. The van der Waals surface area contributed by atoms with E-state index < -0.39 is 9.84 Å². The Labute approximate surface area is 76.8 Å². The Morgan fingerprint density at radius 1 is 1.23 bits per heavy atom. The molecule has 0 atom stereocenters. The lowest BCUT2D eigenvalue weighted by atomic mass is 10.1. The molecule has 1 aliphatic rings. The fourth-order valence-electron chi connectivity index (χ4n) is 1.45. The minimum Gasteiger partial charge on any atom is -0.326 e. The molecule has 3 nitrogen and oxygen atoms in total. The number of hydrogen-bond donors (Lipinski definition) is 1. The fraction of sp³-hybridized carbons (Fsp3) is 0.111. The van der Waals surface area contributed by atoms with Gasteiger partial charge in [0.15, 0.2) is 0 Å². The molecule has 0 aromatic heterocycles. The molecular formula is C9H9NO2S. The molecule has 0 saturated carbocycles. The standard InChI is InChI=1S/C9H9NO2S/c10-5-7-6-13(11,12)9-4-2-1-3-8(7)9/h1-4,6H,5,10H2. The largest absolute Gasteiger partial charge is 0.326 e. The number of rotatable bonds is 1. The van der Waals surface area contributed by atoms with Crippen LogP contribution in [-0.4, -0.2) is 15.0 Å². The third kappa shape index (κ3) is 1.18. The van der Waals surface area contributed by atoms with Crippen molar-refractivity contribution in [2.24, 2.45) is 5.73 Å². The summed E-state index contributed by atoms with van der Waals surface area (Å²) in [5, 5.41) is 1.25. The maximum absolute atomic E-state index is 11.5. The summed E-state index contributed by atoms with van der Waals surface area (Å²) in [5.41, 5.74) is 6.87. The smallest absolute Gasteiger partial charge is 0.200 e. The zero-order chi connectivity index (χ0) is 9.47. The van der Waals surface area contributed by atoms with Crippen molar-refractivity contribution in [2.45, 2.75) is 4.90 Å². The first-order valence-corrected chi connectivity index (χ1v) is 5.45. The van der Waals surface area contributed by atoms with Gasteiger partial charge < -0.3 is 5.73 Å². The van der Waals surface area contributed by atoms with Gasteiger partial charge in [0.25, 0.3) is 0 Å². The Balaban J connectivity index is 2.76. The number of sulfone groups is 1. The van der Waals surface area contributed by atoms with E-state index in [1.807, 2.05) is 6.07 Å². The van der Waals surface area contributed by atoms with Gasteiger partial charge in [0.1, 0.15) is 0 Å². The van der Waals surface area contributed by atoms with E-state index in [0.29, 0.717) is 10.5 Å². The second-order valence-corrected chi connectivity index (χ2v) is 4.65. The van der Waals surface area contributed by atoms with Crippen molar-refractivity contribution in [2.75, 3.05) is 6.54 Å². The van der Waals surface area contributed by atoms with Crippen LogP contribution in [-0.2, 0) is 9.84 Å². The highest BCUT2D eigenvalue weighted by molar-refractivity contribution is 7.95. The molecule has 0 bridgehead atoms. The molecule has 68 valence electrons. The highest BCUT2D eigenvalue weighted by Crippen LogP contribution is 2.31. The number of nitrogens with two attached hydrogens (primary N) is 1. The Hall–Kier alpha value is -1.13. The summed E-state index contributed by atoms with van der Waals surface area (Å²) in [4.78, 5) is 0.371. The predicted octanol–water partition coefficient (Wildman–Crippen LogP) is 0.774. The van der Waals surface area contributed by atoms with Crippen LogP contribution in [0.1, 0.15) is 5.56 Å². The second-order valence-electron chi connectivity index (χ2n) is 2.89. The van der Waals surface area contributed by atoms with Crippen LogP contribution in [0.25, 0.3) is 5.57 Å². The molecule has 0 aliphatic carbocycles. The quantitative estimate of drug-likeness (QED) is 0.720. The van der Waals surface area contributed by atoms with E-state index in [4.69, 9.17) is 5.73 Å². The van der Waals surface area contributed by atoms with Gasteiger partial charge in [0.05, 0.1) is 4.90 Å². The van der Waals surface area contributed by atoms with Crippen LogP contribution in [0.5, 0.6) is 0 Å². The van der Waals surface area contributed by atoms with Gasteiger partial charge in [-0.05, 0) is 17.2 Å². The van der Waals surface area contributed by atoms with E-state index in [-0.39, 0.29) is 6.54 Å². The molecule has 0 saturated heterocycles. The summed E-state index contributed by atoms with van der Waals surface area (Å²) in [5.74, 6) is 0. The molecule has 0 fully saturated rings. The lowest BCUT2D eigenvalue weighted by Gasteiger charge is -1.99. The van der Waals surface area contributed by atoms with Crippen molar-refractivity contribution >= 4 is 15.4 Å². The lowest BCUT2D eigenvalue weighted by Crippen LogP contribution is -2.00. The maximum atomic E-state index is 11.5. The first-order chi connectivity index (χ1) is 6.15. The first-order valence-electron chi connectivity index (χ1n) is 3.90. The van der Waals surface area contributed by atoms with E-state index in [1.165, 1.54) is 5.41 Å². The molecule has 0 unspecified atom stereocenters. The van der Waals surface area contributed by atoms with Gasteiger partial charge in [-0.3, -0.25) is 0 Å². The Kier molecular flexibility index (Phi) is 1.75. The van der Waals surface area contributed by atoms with E-state index >= 15 is 0 Å². The topological polar surface area (TPSA) is 60.2 Å². The van der Waals surface area contributed by atoms with Crippen LogP contribution < -0.4 is 5.73 Å². The summed E-state index contributed by atoms with van der Waals surface area (Å²) >= 11 is 0. The van der Waals surface area contributed by atoms with Gasteiger partial charge in [-0.2, -0.15) is 0 Å². The molecule has 13 heavy (non-hydrogen) atoms. The van der Waals surface area contributed by atoms with Crippen molar-refractivity contribution in [1.82, 2.24) is 0 Å². The summed E-state index contributed by atoms with van der Waals surface area (Å²) in [6.45, 7) is 0.260. The fourth-order valence-corrected chi connectivity index (χ4v) is 2.95. The Morgan fingerprint density at radius 2 is 1.92 bits per heavy atom. The Bertz CT molecular complexity index is 474. The molecule has 4 heteroatoms. The van der Waals surface area contributed by atoms with Gasteiger partial charge in [0.2, 0.25) is 9.84 Å². The molecule has 1 aromatic carbocycles. The van der Waals surface area contributed by atoms with Crippen LogP contribution in [0.2, 0.25) is 0 Å². The minimum atomic E-state index is -3.21. The Morgan fingerprint density at radius 3 is 2.62 bits per heavy atom. The van der Waals surface area contributed by atoms with Crippen molar-refractivity contribution in [1.29, 1.82) is 0 Å². The second kappa shape index (κ2) is 2.68. The molecule has 1 heterocycles. The van der Waals surface area contributed by atoms with Crippen molar-refractivity contribution in [3.05, 3.63) is 35.2 Å². The molecule has 0 amide bonds. The van der Waals surface area contributed by atoms with E-state index in [9.17, 15) is 8.42 Å².